The SMILES string of the molecule is Cc1ccnc(C(=O)N(O)CC2C=CC=CC2)c1. The van der Waals surface area contributed by atoms with Crippen molar-refractivity contribution in [2.45, 2.75) is 13.3 Å². The third-order valence-electron chi connectivity index (χ3n) is 2.85. The molecule has 1 amide bonds. The highest BCUT2D eigenvalue weighted by Gasteiger charge is 2.18. The lowest BCUT2D eigenvalue weighted by Gasteiger charge is -2.20. The first-order valence-electron chi connectivity index (χ1n) is 5.93. The summed E-state index contributed by atoms with van der Waals surface area (Å²) < 4.78 is 0. The van der Waals surface area contributed by atoms with E-state index in [9.17, 15) is 10.0 Å². The Kier molecular flexibility index (Phi) is 3.89. The van der Waals surface area contributed by atoms with E-state index in [-0.39, 0.29) is 18.2 Å². The molecule has 4 nitrogen and oxygen atoms in total. The monoisotopic (exact) mass is 244 g/mol. The van der Waals surface area contributed by atoms with Crippen molar-refractivity contribution in [1.29, 1.82) is 0 Å². The average Bonchev–Trinajstić information content (AvgIpc) is 2.39. The highest BCUT2D eigenvalue weighted by molar-refractivity contribution is 5.91. The second kappa shape index (κ2) is 5.60. The molecular formula is C14H16N2O2. The van der Waals surface area contributed by atoms with Crippen LogP contribution in [0.2, 0.25) is 0 Å². The van der Waals surface area contributed by atoms with Gasteiger partial charge in [0.05, 0.1) is 6.54 Å². The fraction of sp³-hybridized carbons (Fsp3) is 0.286. The first-order valence-corrected chi connectivity index (χ1v) is 5.93. The van der Waals surface area contributed by atoms with Gasteiger partial charge in [0.1, 0.15) is 5.69 Å². The molecule has 0 saturated carbocycles. The van der Waals surface area contributed by atoms with Crippen LogP contribution >= 0.6 is 0 Å². The molecule has 0 aliphatic heterocycles. The second-order valence-corrected chi connectivity index (χ2v) is 4.41. The minimum atomic E-state index is -0.457. The molecule has 0 fully saturated rings. The predicted molar refractivity (Wildman–Crippen MR) is 68.2 cm³/mol. The molecule has 1 aromatic rings. The van der Waals surface area contributed by atoms with E-state index in [1.165, 1.54) is 0 Å². The minimum absolute atomic E-state index is 0.161. The molecule has 0 aromatic carbocycles. The Morgan fingerprint density at radius 1 is 1.56 bits per heavy atom. The number of hydrogen-bond donors (Lipinski definition) is 1. The Labute approximate surface area is 106 Å². The van der Waals surface area contributed by atoms with Gasteiger partial charge in [0.15, 0.2) is 0 Å². The maximum Gasteiger partial charge on any atom is 0.295 e. The summed E-state index contributed by atoms with van der Waals surface area (Å²) >= 11 is 0. The van der Waals surface area contributed by atoms with Crippen LogP contribution in [0.15, 0.2) is 42.6 Å². The number of nitrogens with zero attached hydrogens (tertiary/aromatic N) is 2. The van der Waals surface area contributed by atoms with Gasteiger partial charge in [-0.25, -0.2) is 5.06 Å². The van der Waals surface area contributed by atoms with Gasteiger partial charge in [-0.2, -0.15) is 0 Å². The molecule has 0 spiro atoms. The molecule has 0 saturated heterocycles. The Morgan fingerprint density at radius 2 is 2.39 bits per heavy atom. The topological polar surface area (TPSA) is 53.4 Å². The number of hydroxylamine groups is 2. The van der Waals surface area contributed by atoms with Gasteiger partial charge in [0.25, 0.3) is 5.91 Å². The molecular weight excluding hydrogens is 228 g/mol. The van der Waals surface area contributed by atoms with Crippen molar-refractivity contribution in [1.82, 2.24) is 10.0 Å². The number of aromatic nitrogens is 1. The van der Waals surface area contributed by atoms with E-state index in [2.05, 4.69) is 4.98 Å². The summed E-state index contributed by atoms with van der Waals surface area (Å²) in [4.78, 5) is 15.9. The van der Waals surface area contributed by atoms with Crippen LogP contribution in [-0.2, 0) is 0 Å². The predicted octanol–water partition coefficient (Wildman–Crippen LogP) is 2.35. The number of rotatable bonds is 3. The standard InChI is InChI=1S/C14H16N2O2/c1-11-7-8-15-13(9-11)14(17)16(18)10-12-5-3-2-4-6-12/h2-5,7-9,12,18H,6,10H2,1H3. The molecule has 94 valence electrons. The van der Waals surface area contributed by atoms with Crippen LogP contribution in [0.25, 0.3) is 0 Å². The number of hydrogen-bond acceptors (Lipinski definition) is 3. The molecule has 4 heteroatoms. The highest BCUT2D eigenvalue weighted by Crippen LogP contribution is 2.13. The average molecular weight is 244 g/mol. The molecule has 1 aromatic heterocycles. The van der Waals surface area contributed by atoms with Crippen molar-refractivity contribution < 1.29 is 10.0 Å². The Bertz CT molecular complexity index is 494. The smallest absolute Gasteiger partial charge is 0.286 e. The molecule has 0 radical (unpaired) electrons. The largest absolute Gasteiger partial charge is 0.295 e. The maximum atomic E-state index is 11.9. The molecule has 18 heavy (non-hydrogen) atoms. The normalized spacial score (nSPS) is 17.8. The maximum absolute atomic E-state index is 11.9. The number of allylic oxidation sites excluding steroid dienone is 3. The zero-order valence-electron chi connectivity index (χ0n) is 10.3. The van der Waals surface area contributed by atoms with Gasteiger partial charge in [0, 0.05) is 12.1 Å². The van der Waals surface area contributed by atoms with Crippen molar-refractivity contribution in [3.63, 3.8) is 0 Å². The summed E-state index contributed by atoms with van der Waals surface area (Å²) in [5.74, 6) is -0.296. The van der Waals surface area contributed by atoms with Gasteiger partial charge in [-0.05, 0) is 31.0 Å². The third kappa shape index (κ3) is 3.05. The zero-order chi connectivity index (χ0) is 13.0. The van der Waals surface area contributed by atoms with Gasteiger partial charge >= 0.3 is 0 Å². The van der Waals surface area contributed by atoms with Crippen LogP contribution in [0.4, 0.5) is 0 Å². The quantitative estimate of drug-likeness (QED) is 0.656. The van der Waals surface area contributed by atoms with Crippen molar-refractivity contribution in [2.75, 3.05) is 6.54 Å². The Hall–Kier alpha value is -1.94. The number of carbonyl (C=O) groups excluding carboxylic acids is 1. The van der Waals surface area contributed by atoms with Crippen LogP contribution < -0.4 is 0 Å². The molecule has 1 heterocycles. The third-order valence-corrected chi connectivity index (χ3v) is 2.85. The molecule has 1 aliphatic carbocycles. The van der Waals surface area contributed by atoms with E-state index in [4.69, 9.17) is 0 Å². The van der Waals surface area contributed by atoms with E-state index >= 15 is 0 Å². The van der Waals surface area contributed by atoms with Crippen molar-refractivity contribution in [3.8, 4) is 0 Å². The summed E-state index contributed by atoms with van der Waals surface area (Å²) in [6, 6.07) is 3.48. The van der Waals surface area contributed by atoms with Gasteiger partial charge in [-0.3, -0.25) is 15.0 Å². The summed E-state index contributed by atoms with van der Waals surface area (Å²) in [7, 11) is 0. The number of aryl methyl sites for hydroxylation is 1. The number of carbonyl (C=O) groups is 1. The molecule has 0 bridgehead atoms. The van der Waals surface area contributed by atoms with Crippen LogP contribution in [0.3, 0.4) is 0 Å². The lowest BCUT2D eigenvalue weighted by atomic mass is 10.0. The Balaban J connectivity index is 2.00. The van der Waals surface area contributed by atoms with Gasteiger partial charge in [-0.15, -0.1) is 0 Å². The lowest BCUT2D eigenvalue weighted by molar-refractivity contribution is -0.0643. The zero-order valence-corrected chi connectivity index (χ0v) is 10.3. The van der Waals surface area contributed by atoms with Crippen LogP contribution in [0.1, 0.15) is 22.5 Å². The highest BCUT2D eigenvalue weighted by atomic mass is 16.5. The molecule has 1 aliphatic rings. The summed E-state index contributed by atoms with van der Waals surface area (Å²) in [6.07, 6.45) is 10.3. The fourth-order valence-corrected chi connectivity index (χ4v) is 1.86. The van der Waals surface area contributed by atoms with E-state index < -0.39 is 5.91 Å². The number of amides is 1. The Morgan fingerprint density at radius 3 is 3.06 bits per heavy atom. The summed E-state index contributed by atoms with van der Waals surface area (Å²) in [5, 5.41) is 10.5. The number of pyridine rings is 1. The fourth-order valence-electron chi connectivity index (χ4n) is 1.86. The molecule has 2 rings (SSSR count). The minimum Gasteiger partial charge on any atom is -0.286 e. The van der Waals surface area contributed by atoms with Gasteiger partial charge in [-0.1, -0.05) is 24.3 Å². The van der Waals surface area contributed by atoms with Crippen molar-refractivity contribution >= 4 is 5.91 Å². The lowest BCUT2D eigenvalue weighted by Crippen LogP contribution is -2.32. The first-order chi connectivity index (χ1) is 8.66. The van der Waals surface area contributed by atoms with Crippen molar-refractivity contribution in [2.24, 2.45) is 5.92 Å². The molecule has 1 N–H and O–H groups in total. The van der Waals surface area contributed by atoms with Crippen LogP contribution in [0, 0.1) is 12.8 Å². The van der Waals surface area contributed by atoms with E-state index in [0.717, 1.165) is 17.0 Å². The van der Waals surface area contributed by atoms with Crippen LogP contribution in [-0.4, -0.2) is 27.7 Å². The van der Waals surface area contributed by atoms with E-state index in [1.807, 2.05) is 37.3 Å². The first kappa shape index (κ1) is 12.5. The molecule has 1 unspecified atom stereocenters. The van der Waals surface area contributed by atoms with E-state index in [0.29, 0.717) is 0 Å². The summed E-state index contributed by atoms with van der Waals surface area (Å²) in [5.41, 5.74) is 1.22. The van der Waals surface area contributed by atoms with Gasteiger partial charge in [0.2, 0.25) is 0 Å². The van der Waals surface area contributed by atoms with Crippen LogP contribution in [0.5, 0.6) is 0 Å². The summed E-state index contributed by atoms with van der Waals surface area (Å²) in [6.45, 7) is 2.17. The second-order valence-electron chi connectivity index (χ2n) is 4.41. The van der Waals surface area contributed by atoms with Crippen molar-refractivity contribution in [3.05, 3.63) is 53.9 Å². The molecule has 1 atom stereocenters. The van der Waals surface area contributed by atoms with Gasteiger partial charge < -0.3 is 0 Å². The van der Waals surface area contributed by atoms with E-state index in [1.54, 1.807) is 12.3 Å².